The van der Waals surface area contributed by atoms with Crippen LogP contribution >= 0.6 is 11.3 Å². The first-order chi connectivity index (χ1) is 20.8. The molecule has 1 saturated heterocycles. The number of aryl methyl sites for hydroxylation is 1. The molecular weight excluding hydrogens is 566 g/mol. The fourth-order valence-corrected chi connectivity index (χ4v) is 7.40. The number of carbonyl (C=O) groups excluding carboxylic acids is 4. The van der Waals surface area contributed by atoms with Crippen LogP contribution in [0.3, 0.4) is 0 Å². The second kappa shape index (κ2) is 12.3. The molecule has 43 heavy (non-hydrogen) atoms. The molecule has 2 aliphatic heterocycles. The minimum atomic E-state index is -0.897. The van der Waals surface area contributed by atoms with Gasteiger partial charge in [-0.15, -0.1) is 16.4 Å². The van der Waals surface area contributed by atoms with Gasteiger partial charge >= 0.3 is 0 Å². The van der Waals surface area contributed by atoms with E-state index in [4.69, 9.17) is 0 Å². The van der Waals surface area contributed by atoms with E-state index >= 15 is 0 Å². The molecule has 2 aromatic heterocycles. The lowest BCUT2D eigenvalue weighted by Crippen LogP contribution is -2.58. The van der Waals surface area contributed by atoms with E-state index in [1.54, 1.807) is 27.1 Å². The maximum Gasteiger partial charge on any atom is 0.255 e. The van der Waals surface area contributed by atoms with Crippen LogP contribution in [0.25, 0.3) is 0 Å². The highest BCUT2D eigenvalue weighted by atomic mass is 32.1. The van der Waals surface area contributed by atoms with E-state index in [0.717, 1.165) is 36.8 Å². The number of hydrogen-bond donors (Lipinski definition) is 3. The summed E-state index contributed by atoms with van der Waals surface area (Å²) in [5.41, 5.74) is 3.22. The van der Waals surface area contributed by atoms with E-state index in [0.29, 0.717) is 17.7 Å². The first-order valence-corrected chi connectivity index (χ1v) is 15.9. The number of nitrogens with one attached hydrogen (secondary N) is 3. The highest BCUT2D eigenvalue weighted by Gasteiger charge is 2.43. The SMILES string of the molecule is CC(C)[C@@H]1NC(=O)[C@@H]2C[C@@H](CN2C(=O)c2csc3c2CCCC3)n2cc(nn2)CNC(=O)[C@@H](Cc2ccccc2)NC1=O. The lowest BCUT2D eigenvalue weighted by molar-refractivity contribution is -0.134. The van der Waals surface area contributed by atoms with Crippen LogP contribution in [0.15, 0.2) is 41.9 Å². The molecular formula is C31H37N7O4S. The summed E-state index contributed by atoms with van der Waals surface area (Å²) in [6.45, 7) is 4.11. The summed E-state index contributed by atoms with van der Waals surface area (Å²) in [5.74, 6) is -1.62. The van der Waals surface area contributed by atoms with E-state index in [-0.39, 0.29) is 43.3 Å². The zero-order valence-electron chi connectivity index (χ0n) is 24.4. The minimum Gasteiger partial charge on any atom is -0.349 e. The fraction of sp³-hybridized carbons (Fsp3) is 0.484. The molecule has 0 unspecified atom stereocenters. The lowest BCUT2D eigenvalue weighted by Gasteiger charge is -2.29. The van der Waals surface area contributed by atoms with Crippen LogP contribution in [0.4, 0.5) is 0 Å². The molecule has 4 amide bonds. The zero-order chi connectivity index (χ0) is 30.1. The first-order valence-electron chi connectivity index (χ1n) is 15.0. The Morgan fingerprint density at radius 1 is 1.05 bits per heavy atom. The number of likely N-dealkylation sites (tertiary alicyclic amines) is 1. The lowest BCUT2D eigenvalue weighted by atomic mass is 9.95. The Bertz CT molecular complexity index is 1520. The fourth-order valence-electron chi connectivity index (χ4n) is 6.29. The normalized spacial score (nSPS) is 24.4. The zero-order valence-corrected chi connectivity index (χ0v) is 25.2. The highest BCUT2D eigenvalue weighted by molar-refractivity contribution is 7.10. The summed E-state index contributed by atoms with van der Waals surface area (Å²) in [4.78, 5) is 57.8. The third-order valence-corrected chi connectivity index (χ3v) is 9.76. The van der Waals surface area contributed by atoms with Gasteiger partial charge < -0.3 is 20.9 Å². The van der Waals surface area contributed by atoms with Gasteiger partial charge in [0.1, 0.15) is 23.8 Å². The third kappa shape index (κ3) is 6.06. The number of rotatable bonds is 4. The summed E-state index contributed by atoms with van der Waals surface area (Å²) in [7, 11) is 0. The van der Waals surface area contributed by atoms with Crippen molar-refractivity contribution < 1.29 is 19.2 Å². The average Bonchev–Trinajstić information content (AvgIpc) is 3.76. The smallest absolute Gasteiger partial charge is 0.255 e. The van der Waals surface area contributed by atoms with Crippen molar-refractivity contribution >= 4 is 35.0 Å². The molecule has 4 atom stereocenters. The third-order valence-electron chi connectivity index (χ3n) is 8.67. The molecule has 4 heterocycles. The molecule has 3 aliphatic rings. The molecule has 0 saturated carbocycles. The van der Waals surface area contributed by atoms with Crippen LogP contribution < -0.4 is 16.0 Å². The number of hydrogen-bond acceptors (Lipinski definition) is 7. The Morgan fingerprint density at radius 3 is 2.63 bits per heavy atom. The summed E-state index contributed by atoms with van der Waals surface area (Å²) in [6, 6.07) is 6.61. The van der Waals surface area contributed by atoms with Crippen LogP contribution in [0.2, 0.25) is 0 Å². The number of nitrogens with zero attached hydrogens (tertiary/aromatic N) is 4. The first kappa shape index (κ1) is 29.0. The van der Waals surface area contributed by atoms with Crippen LogP contribution in [0, 0.1) is 5.92 Å². The van der Waals surface area contributed by atoms with Gasteiger partial charge in [0.05, 0.1) is 24.3 Å². The molecule has 1 fully saturated rings. The summed E-state index contributed by atoms with van der Waals surface area (Å²) in [6.07, 6.45) is 6.38. The molecule has 3 N–H and O–H groups in total. The van der Waals surface area contributed by atoms with Gasteiger partial charge in [-0.3, -0.25) is 19.2 Å². The van der Waals surface area contributed by atoms with Crippen molar-refractivity contribution in [3.05, 3.63) is 69.2 Å². The average molecular weight is 604 g/mol. The minimum absolute atomic E-state index is 0.130. The Hall–Kier alpha value is -4.06. The maximum absolute atomic E-state index is 14.0. The molecule has 11 nitrogen and oxygen atoms in total. The van der Waals surface area contributed by atoms with Gasteiger partial charge in [0.25, 0.3) is 5.91 Å². The van der Waals surface area contributed by atoms with E-state index in [1.165, 1.54) is 4.88 Å². The largest absolute Gasteiger partial charge is 0.349 e. The van der Waals surface area contributed by atoms with Crippen LogP contribution in [0.1, 0.15) is 71.2 Å². The topological polar surface area (TPSA) is 138 Å². The van der Waals surface area contributed by atoms with Gasteiger partial charge in [-0.25, -0.2) is 4.68 Å². The molecule has 4 bridgehead atoms. The quantitative estimate of drug-likeness (QED) is 0.418. The molecule has 1 aromatic carbocycles. The predicted molar refractivity (Wildman–Crippen MR) is 160 cm³/mol. The predicted octanol–water partition coefficient (Wildman–Crippen LogP) is 2.17. The second-order valence-corrected chi connectivity index (χ2v) is 13.0. The van der Waals surface area contributed by atoms with Gasteiger partial charge in [-0.2, -0.15) is 0 Å². The number of carbonyl (C=O) groups is 4. The summed E-state index contributed by atoms with van der Waals surface area (Å²) in [5, 5.41) is 19.2. The van der Waals surface area contributed by atoms with Gasteiger partial charge in [0.2, 0.25) is 17.7 Å². The molecule has 12 heteroatoms. The Morgan fingerprint density at radius 2 is 1.84 bits per heavy atom. The van der Waals surface area contributed by atoms with Crippen molar-refractivity contribution in [3.63, 3.8) is 0 Å². The highest BCUT2D eigenvalue weighted by Crippen LogP contribution is 2.34. The van der Waals surface area contributed by atoms with Gasteiger partial charge in [-0.05, 0) is 42.7 Å². The number of aromatic nitrogens is 3. The van der Waals surface area contributed by atoms with Crippen molar-refractivity contribution in [1.29, 1.82) is 0 Å². The molecule has 1 aliphatic carbocycles. The maximum atomic E-state index is 14.0. The summed E-state index contributed by atoms with van der Waals surface area (Å²) >= 11 is 1.62. The van der Waals surface area contributed by atoms with Gasteiger partial charge in [0.15, 0.2) is 0 Å². The number of thiophene rings is 1. The molecule has 226 valence electrons. The van der Waals surface area contributed by atoms with Crippen LogP contribution in [-0.2, 0) is 40.2 Å². The molecule has 0 spiro atoms. The standard InChI is InChI=1S/C31H37N7O4S/c1-18(2)27-30(41)33-24(12-19-8-4-3-5-9-19)28(39)32-14-20-15-38(36-35-20)21-13-25(29(40)34-27)37(16-21)31(42)23-17-43-26-11-7-6-10-22(23)26/h3-5,8-9,15,17-18,21,24-25,27H,6-7,10-14,16H2,1-2H3,(H,32,39)(H,33,41)(H,34,40)/t21-,24+,25-,27-/m0/s1. The van der Waals surface area contributed by atoms with E-state index in [1.807, 2.05) is 49.6 Å². The second-order valence-electron chi connectivity index (χ2n) is 12.0. The number of amides is 4. The number of benzene rings is 1. The van der Waals surface area contributed by atoms with Crippen LogP contribution in [0.5, 0.6) is 0 Å². The van der Waals surface area contributed by atoms with Crippen molar-refractivity contribution in [2.75, 3.05) is 6.54 Å². The molecule has 3 aromatic rings. The van der Waals surface area contributed by atoms with Crippen LogP contribution in [-0.4, -0.2) is 68.2 Å². The van der Waals surface area contributed by atoms with E-state index in [2.05, 4.69) is 26.3 Å². The van der Waals surface area contributed by atoms with Gasteiger partial charge in [-0.1, -0.05) is 49.4 Å². The summed E-state index contributed by atoms with van der Waals surface area (Å²) < 4.78 is 1.68. The van der Waals surface area contributed by atoms with Crippen molar-refractivity contribution in [2.45, 2.75) is 83.1 Å². The van der Waals surface area contributed by atoms with E-state index in [9.17, 15) is 19.2 Å². The van der Waals surface area contributed by atoms with Crippen molar-refractivity contribution in [2.24, 2.45) is 5.92 Å². The Labute approximate surface area is 254 Å². The molecule has 0 radical (unpaired) electrons. The van der Waals surface area contributed by atoms with Gasteiger partial charge in [0, 0.05) is 29.6 Å². The van der Waals surface area contributed by atoms with Crippen molar-refractivity contribution in [3.8, 4) is 0 Å². The Balaban J connectivity index is 1.32. The Kier molecular flexibility index (Phi) is 8.29. The van der Waals surface area contributed by atoms with E-state index < -0.39 is 29.9 Å². The molecule has 6 rings (SSSR count). The monoisotopic (exact) mass is 603 g/mol. The van der Waals surface area contributed by atoms with Crippen molar-refractivity contribution in [1.82, 2.24) is 35.8 Å². The number of fused-ring (bicyclic) bond motifs is 6.